The highest BCUT2D eigenvalue weighted by molar-refractivity contribution is 6.31. The molecule has 2 rings (SSSR count). The first kappa shape index (κ1) is 14.6. The first-order chi connectivity index (χ1) is 9.58. The summed E-state index contributed by atoms with van der Waals surface area (Å²) in [5, 5.41) is 10.9. The highest BCUT2D eigenvalue weighted by atomic mass is 35.5. The van der Waals surface area contributed by atoms with Gasteiger partial charge in [-0.05, 0) is 31.4 Å². The van der Waals surface area contributed by atoms with Crippen molar-refractivity contribution in [2.75, 3.05) is 6.54 Å². The molecular weight excluding hydrogens is 278 g/mol. The lowest BCUT2D eigenvalue weighted by Gasteiger charge is -2.29. The Kier molecular flexibility index (Phi) is 4.79. The Morgan fingerprint density at radius 2 is 2.35 bits per heavy atom. The first-order valence-corrected chi connectivity index (χ1v) is 6.97. The van der Waals surface area contributed by atoms with Crippen LogP contribution in [0, 0.1) is 5.41 Å². The SMILES string of the molecule is N=C(N)N(CCc1ncccc1Cl)C(=O)NC1CCC1. The van der Waals surface area contributed by atoms with Gasteiger partial charge in [0.2, 0.25) is 0 Å². The Morgan fingerprint density at radius 1 is 1.60 bits per heavy atom. The smallest absolute Gasteiger partial charge is 0.324 e. The highest BCUT2D eigenvalue weighted by Gasteiger charge is 2.24. The maximum absolute atomic E-state index is 12.0. The number of hydrogen-bond acceptors (Lipinski definition) is 3. The Balaban J connectivity index is 1.93. The normalized spacial score (nSPS) is 14.4. The van der Waals surface area contributed by atoms with E-state index < -0.39 is 0 Å². The molecule has 0 saturated heterocycles. The Labute approximate surface area is 122 Å². The summed E-state index contributed by atoms with van der Waals surface area (Å²) in [4.78, 5) is 17.4. The number of hydrogen-bond donors (Lipinski definition) is 3. The van der Waals surface area contributed by atoms with Gasteiger partial charge in [0, 0.05) is 25.2 Å². The fourth-order valence-corrected chi connectivity index (χ4v) is 2.17. The number of nitrogens with two attached hydrogens (primary N) is 1. The summed E-state index contributed by atoms with van der Waals surface area (Å²) in [7, 11) is 0. The minimum Gasteiger partial charge on any atom is -0.370 e. The van der Waals surface area contributed by atoms with Gasteiger partial charge < -0.3 is 11.1 Å². The molecule has 20 heavy (non-hydrogen) atoms. The standard InChI is InChI=1S/C13H18ClN5O/c14-10-5-2-7-17-11(10)6-8-19(12(15)16)13(20)18-9-3-1-4-9/h2,5,7,9H,1,3-4,6,8H2,(H3,15,16)(H,18,20). The molecule has 2 amide bonds. The van der Waals surface area contributed by atoms with E-state index in [-0.39, 0.29) is 24.6 Å². The van der Waals surface area contributed by atoms with Gasteiger partial charge in [-0.2, -0.15) is 0 Å². The summed E-state index contributed by atoms with van der Waals surface area (Å²) in [6.07, 6.45) is 5.22. The van der Waals surface area contributed by atoms with Crippen molar-refractivity contribution in [3.05, 3.63) is 29.0 Å². The van der Waals surface area contributed by atoms with Gasteiger partial charge in [0.25, 0.3) is 0 Å². The summed E-state index contributed by atoms with van der Waals surface area (Å²) >= 11 is 6.02. The fourth-order valence-electron chi connectivity index (χ4n) is 1.96. The topological polar surface area (TPSA) is 95.1 Å². The zero-order valence-electron chi connectivity index (χ0n) is 11.1. The maximum Gasteiger partial charge on any atom is 0.324 e. The largest absolute Gasteiger partial charge is 0.370 e. The van der Waals surface area contributed by atoms with Crippen molar-refractivity contribution < 1.29 is 4.79 Å². The lowest BCUT2D eigenvalue weighted by molar-refractivity contribution is 0.208. The molecule has 1 aromatic heterocycles. The lowest BCUT2D eigenvalue weighted by atomic mass is 9.93. The van der Waals surface area contributed by atoms with Gasteiger partial charge in [-0.3, -0.25) is 15.3 Å². The van der Waals surface area contributed by atoms with Gasteiger partial charge in [-0.15, -0.1) is 0 Å². The number of rotatable bonds is 4. The molecular formula is C13H18ClN5O. The quantitative estimate of drug-likeness (QED) is 0.583. The molecule has 108 valence electrons. The van der Waals surface area contributed by atoms with E-state index in [0.717, 1.165) is 19.3 Å². The van der Waals surface area contributed by atoms with Crippen LogP contribution < -0.4 is 11.1 Å². The van der Waals surface area contributed by atoms with E-state index in [9.17, 15) is 4.79 Å². The first-order valence-electron chi connectivity index (χ1n) is 6.59. The third-order valence-electron chi connectivity index (χ3n) is 3.38. The van der Waals surface area contributed by atoms with E-state index in [1.54, 1.807) is 18.3 Å². The molecule has 1 saturated carbocycles. The maximum atomic E-state index is 12.0. The van der Waals surface area contributed by atoms with E-state index in [0.29, 0.717) is 17.1 Å². The number of amides is 2. The average molecular weight is 296 g/mol. The van der Waals surface area contributed by atoms with Crippen molar-refractivity contribution in [2.45, 2.75) is 31.7 Å². The third kappa shape index (κ3) is 3.60. The number of nitrogens with one attached hydrogen (secondary N) is 2. The van der Waals surface area contributed by atoms with Crippen molar-refractivity contribution in [1.29, 1.82) is 5.41 Å². The van der Waals surface area contributed by atoms with Gasteiger partial charge in [0.05, 0.1) is 10.7 Å². The molecule has 0 unspecified atom stereocenters. The monoisotopic (exact) mass is 295 g/mol. The Morgan fingerprint density at radius 3 is 2.90 bits per heavy atom. The van der Waals surface area contributed by atoms with Crippen LogP contribution in [0.25, 0.3) is 0 Å². The van der Waals surface area contributed by atoms with Gasteiger partial charge >= 0.3 is 6.03 Å². The van der Waals surface area contributed by atoms with E-state index in [4.69, 9.17) is 22.7 Å². The van der Waals surface area contributed by atoms with Crippen LogP contribution in [-0.4, -0.2) is 34.5 Å². The number of carbonyl (C=O) groups excluding carboxylic acids is 1. The summed E-state index contributed by atoms with van der Waals surface area (Å²) < 4.78 is 0. The molecule has 6 nitrogen and oxygen atoms in total. The van der Waals surface area contributed by atoms with Crippen LogP contribution in [0.4, 0.5) is 4.79 Å². The highest BCUT2D eigenvalue weighted by Crippen LogP contribution is 2.18. The Hall–Kier alpha value is -1.82. The fraction of sp³-hybridized carbons (Fsp3) is 0.462. The summed E-state index contributed by atoms with van der Waals surface area (Å²) in [6.45, 7) is 0.282. The predicted molar refractivity (Wildman–Crippen MR) is 77.7 cm³/mol. The summed E-state index contributed by atoms with van der Waals surface area (Å²) in [5.41, 5.74) is 6.16. The number of nitrogens with zero attached hydrogens (tertiary/aromatic N) is 2. The summed E-state index contributed by atoms with van der Waals surface area (Å²) in [5.74, 6) is -0.270. The second-order valence-electron chi connectivity index (χ2n) is 4.80. The second-order valence-corrected chi connectivity index (χ2v) is 5.20. The van der Waals surface area contributed by atoms with Crippen LogP contribution in [0.2, 0.25) is 5.02 Å². The van der Waals surface area contributed by atoms with Gasteiger partial charge in [0.15, 0.2) is 5.96 Å². The minimum atomic E-state index is -0.325. The van der Waals surface area contributed by atoms with E-state index in [2.05, 4.69) is 10.3 Å². The molecule has 7 heteroatoms. The third-order valence-corrected chi connectivity index (χ3v) is 3.72. The van der Waals surface area contributed by atoms with Crippen molar-refractivity contribution in [1.82, 2.24) is 15.2 Å². The number of urea groups is 1. The number of carbonyl (C=O) groups is 1. The molecule has 1 fully saturated rings. The average Bonchev–Trinajstić information content (AvgIpc) is 2.36. The van der Waals surface area contributed by atoms with Crippen molar-refractivity contribution in [2.24, 2.45) is 5.73 Å². The molecule has 4 N–H and O–H groups in total. The van der Waals surface area contributed by atoms with Crippen molar-refractivity contribution >= 4 is 23.6 Å². The molecule has 0 atom stereocenters. The molecule has 0 spiro atoms. The zero-order valence-corrected chi connectivity index (χ0v) is 11.9. The number of halogens is 1. The molecule has 1 aliphatic rings. The zero-order chi connectivity index (χ0) is 14.5. The lowest BCUT2D eigenvalue weighted by Crippen LogP contribution is -2.52. The predicted octanol–water partition coefficient (Wildman–Crippen LogP) is 1.74. The van der Waals surface area contributed by atoms with Crippen LogP contribution >= 0.6 is 11.6 Å². The van der Waals surface area contributed by atoms with Crippen molar-refractivity contribution in [3.8, 4) is 0 Å². The molecule has 0 bridgehead atoms. The van der Waals surface area contributed by atoms with E-state index >= 15 is 0 Å². The molecule has 1 aromatic rings. The minimum absolute atomic E-state index is 0.211. The number of aromatic nitrogens is 1. The van der Waals surface area contributed by atoms with Gasteiger partial charge in [-0.25, -0.2) is 4.79 Å². The van der Waals surface area contributed by atoms with E-state index in [1.165, 1.54) is 4.90 Å². The van der Waals surface area contributed by atoms with Crippen LogP contribution in [0.5, 0.6) is 0 Å². The molecule has 1 aliphatic carbocycles. The molecule has 0 radical (unpaired) electrons. The number of pyridine rings is 1. The molecule has 0 aliphatic heterocycles. The molecule has 0 aromatic carbocycles. The van der Waals surface area contributed by atoms with E-state index in [1.807, 2.05) is 0 Å². The van der Waals surface area contributed by atoms with Gasteiger partial charge in [-0.1, -0.05) is 11.6 Å². The van der Waals surface area contributed by atoms with Crippen LogP contribution in [0.15, 0.2) is 18.3 Å². The van der Waals surface area contributed by atoms with Crippen LogP contribution in [0.3, 0.4) is 0 Å². The second kappa shape index (κ2) is 6.56. The summed E-state index contributed by atoms with van der Waals surface area (Å²) in [6, 6.07) is 3.38. The van der Waals surface area contributed by atoms with Crippen molar-refractivity contribution in [3.63, 3.8) is 0 Å². The van der Waals surface area contributed by atoms with Crippen LogP contribution in [-0.2, 0) is 6.42 Å². The Bertz CT molecular complexity index is 503. The van der Waals surface area contributed by atoms with Crippen LogP contribution in [0.1, 0.15) is 25.0 Å². The van der Waals surface area contributed by atoms with Gasteiger partial charge in [0.1, 0.15) is 0 Å². The molecule has 1 heterocycles. The number of guanidine groups is 1.